The Morgan fingerprint density at radius 3 is 2.64 bits per heavy atom. The molecular formula is C7H6BrClIN. The summed E-state index contributed by atoms with van der Waals surface area (Å²) in [7, 11) is 0. The van der Waals surface area contributed by atoms with E-state index in [-0.39, 0.29) is 0 Å². The predicted octanol–water partition coefficient (Wildman–Crippen LogP) is 3.17. The third kappa shape index (κ3) is 2.08. The van der Waals surface area contributed by atoms with Crippen LogP contribution in [0, 0.1) is 3.57 Å². The smallest absolute Gasteiger partial charge is 0.0543 e. The lowest BCUT2D eigenvalue weighted by Crippen LogP contribution is -2.00. The van der Waals surface area contributed by atoms with Crippen molar-refractivity contribution in [1.29, 1.82) is 0 Å². The first kappa shape index (κ1) is 9.77. The molecule has 60 valence electrons. The minimum absolute atomic E-state index is 0.513. The van der Waals surface area contributed by atoms with Crippen LogP contribution in [0.15, 0.2) is 16.6 Å². The first-order chi connectivity index (χ1) is 5.16. The summed E-state index contributed by atoms with van der Waals surface area (Å²) in [5.74, 6) is 0. The van der Waals surface area contributed by atoms with Crippen LogP contribution >= 0.6 is 50.1 Å². The summed E-state index contributed by atoms with van der Waals surface area (Å²) in [6, 6.07) is 3.76. The molecular weight excluding hydrogens is 340 g/mol. The maximum atomic E-state index is 5.88. The summed E-state index contributed by atoms with van der Waals surface area (Å²) in [6.07, 6.45) is 0. The van der Waals surface area contributed by atoms with Gasteiger partial charge in [0.25, 0.3) is 0 Å². The van der Waals surface area contributed by atoms with Gasteiger partial charge in [-0.15, -0.1) is 0 Å². The largest absolute Gasteiger partial charge is 0.326 e. The van der Waals surface area contributed by atoms with Gasteiger partial charge in [-0.1, -0.05) is 27.5 Å². The molecule has 0 fully saturated rings. The van der Waals surface area contributed by atoms with E-state index in [1.807, 2.05) is 12.1 Å². The van der Waals surface area contributed by atoms with Crippen molar-refractivity contribution in [3.8, 4) is 0 Å². The summed E-state index contributed by atoms with van der Waals surface area (Å²) in [6.45, 7) is 0.513. The highest BCUT2D eigenvalue weighted by Gasteiger charge is 2.05. The monoisotopic (exact) mass is 345 g/mol. The van der Waals surface area contributed by atoms with Gasteiger partial charge in [0.2, 0.25) is 0 Å². The fourth-order valence-electron chi connectivity index (χ4n) is 0.756. The Morgan fingerprint density at radius 2 is 2.18 bits per heavy atom. The number of benzene rings is 1. The van der Waals surface area contributed by atoms with Gasteiger partial charge < -0.3 is 5.73 Å². The van der Waals surface area contributed by atoms with Crippen molar-refractivity contribution in [3.05, 3.63) is 30.8 Å². The van der Waals surface area contributed by atoms with Gasteiger partial charge in [0, 0.05) is 14.6 Å². The Balaban J connectivity index is 3.29. The molecule has 0 bridgehead atoms. The van der Waals surface area contributed by atoms with E-state index in [1.165, 1.54) is 0 Å². The minimum Gasteiger partial charge on any atom is -0.326 e. The Morgan fingerprint density at radius 1 is 1.55 bits per heavy atom. The fraction of sp³-hybridized carbons (Fsp3) is 0.143. The molecule has 1 aromatic rings. The second-order valence-corrected chi connectivity index (χ2v) is 4.37. The van der Waals surface area contributed by atoms with E-state index in [1.54, 1.807) is 0 Å². The van der Waals surface area contributed by atoms with Gasteiger partial charge in [-0.05, 0) is 40.3 Å². The average Bonchev–Trinajstić information content (AvgIpc) is 1.99. The van der Waals surface area contributed by atoms with Gasteiger partial charge >= 0.3 is 0 Å². The van der Waals surface area contributed by atoms with Crippen molar-refractivity contribution in [2.75, 3.05) is 0 Å². The Labute approximate surface area is 92.6 Å². The zero-order valence-corrected chi connectivity index (χ0v) is 10.1. The van der Waals surface area contributed by atoms with E-state index in [9.17, 15) is 0 Å². The lowest BCUT2D eigenvalue weighted by atomic mass is 10.2. The van der Waals surface area contributed by atoms with Crippen LogP contribution in [-0.4, -0.2) is 0 Å². The topological polar surface area (TPSA) is 26.0 Å². The predicted molar refractivity (Wildman–Crippen MR) is 59.8 cm³/mol. The zero-order valence-electron chi connectivity index (χ0n) is 5.57. The molecule has 1 aromatic carbocycles. The van der Waals surface area contributed by atoms with E-state index in [4.69, 9.17) is 17.3 Å². The second-order valence-electron chi connectivity index (χ2n) is 2.03. The molecule has 0 aliphatic carbocycles. The van der Waals surface area contributed by atoms with Crippen molar-refractivity contribution in [1.82, 2.24) is 0 Å². The molecule has 0 aromatic heterocycles. The van der Waals surface area contributed by atoms with Gasteiger partial charge in [0.05, 0.1) is 5.02 Å². The van der Waals surface area contributed by atoms with Gasteiger partial charge in [-0.25, -0.2) is 0 Å². The van der Waals surface area contributed by atoms with Crippen molar-refractivity contribution in [3.63, 3.8) is 0 Å². The third-order valence-electron chi connectivity index (χ3n) is 1.34. The fourth-order valence-corrected chi connectivity index (χ4v) is 2.49. The molecule has 0 heterocycles. The minimum atomic E-state index is 0.513. The summed E-state index contributed by atoms with van der Waals surface area (Å²) in [4.78, 5) is 0. The van der Waals surface area contributed by atoms with Crippen molar-refractivity contribution >= 4 is 50.1 Å². The van der Waals surface area contributed by atoms with E-state index in [0.29, 0.717) is 6.54 Å². The highest BCUT2D eigenvalue weighted by molar-refractivity contribution is 14.1. The second kappa shape index (κ2) is 4.07. The third-order valence-corrected chi connectivity index (χ3v) is 3.95. The van der Waals surface area contributed by atoms with E-state index in [2.05, 4.69) is 38.5 Å². The molecule has 0 aliphatic rings. The van der Waals surface area contributed by atoms with Crippen LogP contribution in [0.25, 0.3) is 0 Å². The van der Waals surface area contributed by atoms with Crippen molar-refractivity contribution < 1.29 is 0 Å². The molecule has 0 saturated heterocycles. The number of rotatable bonds is 1. The lowest BCUT2D eigenvalue weighted by molar-refractivity contribution is 1.05. The molecule has 1 rings (SSSR count). The molecule has 11 heavy (non-hydrogen) atoms. The number of hydrogen-bond donors (Lipinski definition) is 1. The Hall–Kier alpha value is 0.680. The highest BCUT2D eigenvalue weighted by Crippen LogP contribution is 2.27. The molecule has 0 unspecified atom stereocenters. The lowest BCUT2D eigenvalue weighted by Gasteiger charge is -2.05. The van der Waals surface area contributed by atoms with E-state index < -0.39 is 0 Å². The first-order valence-corrected chi connectivity index (χ1v) is 5.24. The maximum Gasteiger partial charge on any atom is 0.0543 e. The van der Waals surface area contributed by atoms with Crippen LogP contribution in [0.3, 0.4) is 0 Å². The van der Waals surface area contributed by atoms with Crippen molar-refractivity contribution in [2.45, 2.75) is 6.54 Å². The van der Waals surface area contributed by atoms with Crippen LogP contribution in [0.1, 0.15) is 5.56 Å². The van der Waals surface area contributed by atoms with Gasteiger partial charge in [0.15, 0.2) is 0 Å². The average molecular weight is 346 g/mol. The Kier molecular flexibility index (Phi) is 3.61. The van der Waals surface area contributed by atoms with Gasteiger partial charge in [-0.2, -0.15) is 0 Å². The van der Waals surface area contributed by atoms with Crippen LogP contribution in [-0.2, 0) is 6.54 Å². The summed E-state index contributed by atoms with van der Waals surface area (Å²) >= 11 is 11.5. The number of nitrogens with two attached hydrogens (primary N) is 1. The molecule has 2 N–H and O–H groups in total. The molecule has 0 atom stereocenters. The van der Waals surface area contributed by atoms with Crippen LogP contribution < -0.4 is 5.73 Å². The van der Waals surface area contributed by atoms with Crippen molar-refractivity contribution in [2.24, 2.45) is 5.73 Å². The van der Waals surface area contributed by atoms with E-state index in [0.717, 1.165) is 18.6 Å². The van der Waals surface area contributed by atoms with Crippen LogP contribution in [0.2, 0.25) is 5.02 Å². The maximum absolute atomic E-state index is 5.88. The van der Waals surface area contributed by atoms with Crippen LogP contribution in [0.5, 0.6) is 0 Å². The Bertz CT molecular complexity index is 277. The SMILES string of the molecule is NCc1c(Br)ccc(Cl)c1I. The molecule has 0 aliphatic heterocycles. The summed E-state index contributed by atoms with van der Waals surface area (Å²) < 4.78 is 2.05. The van der Waals surface area contributed by atoms with Crippen LogP contribution in [0.4, 0.5) is 0 Å². The highest BCUT2D eigenvalue weighted by atomic mass is 127. The summed E-state index contributed by atoms with van der Waals surface area (Å²) in [5.41, 5.74) is 6.59. The molecule has 0 saturated carbocycles. The molecule has 0 spiro atoms. The van der Waals surface area contributed by atoms with Gasteiger partial charge in [0.1, 0.15) is 0 Å². The number of halogens is 3. The quantitative estimate of drug-likeness (QED) is 0.613. The first-order valence-electron chi connectivity index (χ1n) is 2.99. The summed E-state index contributed by atoms with van der Waals surface area (Å²) in [5, 5.41) is 0.759. The zero-order chi connectivity index (χ0) is 8.43. The molecule has 0 radical (unpaired) electrons. The van der Waals surface area contributed by atoms with Gasteiger partial charge in [-0.3, -0.25) is 0 Å². The molecule has 1 nitrogen and oxygen atoms in total. The number of hydrogen-bond acceptors (Lipinski definition) is 1. The molecule has 0 amide bonds. The molecule has 4 heteroatoms. The normalized spacial score (nSPS) is 10.2. The van der Waals surface area contributed by atoms with E-state index >= 15 is 0 Å². The standard InChI is InChI=1S/C7H6BrClIN/c8-5-1-2-6(9)7(10)4(5)3-11/h1-2H,3,11H2.